The van der Waals surface area contributed by atoms with E-state index in [0.29, 0.717) is 46.8 Å². The summed E-state index contributed by atoms with van der Waals surface area (Å²) >= 11 is 0. The molecule has 34 heavy (non-hydrogen) atoms. The minimum atomic E-state index is -3.51. The molecule has 0 atom stereocenters. The highest BCUT2D eigenvalue weighted by Gasteiger charge is 2.27. The first-order valence-corrected chi connectivity index (χ1v) is 12.6. The molecular formula is C24H25N5O4S. The van der Waals surface area contributed by atoms with Crippen molar-refractivity contribution >= 4 is 32.7 Å². The number of carbonyl (C=O) groups excluding carboxylic acids is 1. The Labute approximate surface area is 197 Å². The SMILES string of the molecule is CC(C)n1ncc2c(C(=O)Nc3ccc(S(=O)(=O)N4CCCC4)cc3)cc(-c3ccco3)nc21. The number of nitrogens with zero attached hydrogens (tertiary/aromatic N) is 4. The summed E-state index contributed by atoms with van der Waals surface area (Å²) in [5, 5.41) is 7.90. The third kappa shape index (κ3) is 3.99. The van der Waals surface area contributed by atoms with Crippen molar-refractivity contribution in [2.75, 3.05) is 18.4 Å². The molecule has 0 aliphatic carbocycles. The van der Waals surface area contributed by atoms with Gasteiger partial charge < -0.3 is 9.73 Å². The number of pyridine rings is 1. The van der Waals surface area contributed by atoms with Gasteiger partial charge in [-0.2, -0.15) is 9.40 Å². The number of rotatable bonds is 6. The molecule has 4 aromatic rings. The minimum Gasteiger partial charge on any atom is -0.463 e. The van der Waals surface area contributed by atoms with Gasteiger partial charge in [0.2, 0.25) is 10.0 Å². The van der Waals surface area contributed by atoms with Gasteiger partial charge in [-0.1, -0.05) is 0 Å². The number of amides is 1. The van der Waals surface area contributed by atoms with Crippen molar-refractivity contribution in [2.45, 2.75) is 37.6 Å². The zero-order chi connectivity index (χ0) is 23.9. The Morgan fingerprint density at radius 3 is 2.50 bits per heavy atom. The quantitative estimate of drug-likeness (QED) is 0.441. The average molecular weight is 480 g/mol. The van der Waals surface area contributed by atoms with Crippen LogP contribution < -0.4 is 5.32 Å². The van der Waals surface area contributed by atoms with Crippen molar-refractivity contribution in [3.8, 4) is 11.5 Å². The molecule has 9 nitrogen and oxygen atoms in total. The van der Waals surface area contributed by atoms with Gasteiger partial charge in [0.25, 0.3) is 5.91 Å². The highest BCUT2D eigenvalue weighted by Crippen LogP contribution is 2.28. The van der Waals surface area contributed by atoms with Crippen LogP contribution in [0.15, 0.2) is 64.2 Å². The molecule has 1 saturated heterocycles. The molecular weight excluding hydrogens is 454 g/mol. The fourth-order valence-corrected chi connectivity index (χ4v) is 5.64. The van der Waals surface area contributed by atoms with Crippen molar-refractivity contribution in [2.24, 2.45) is 0 Å². The van der Waals surface area contributed by atoms with E-state index in [4.69, 9.17) is 4.42 Å². The third-order valence-corrected chi connectivity index (χ3v) is 7.80. The van der Waals surface area contributed by atoms with E-state index in [1.165, 1.54) is 16.4 Å². The molecule has 4 heterocycles. The molecule has 176 valence electrons. The third-order valence-electron chi connectivity index (χ3n) is 5.89. The van der Waals surface area contributed by atoms with Crippen LogP contribution in [-0.2, 0) is 10.0 Å². The smallest absolute Gasteiger partial charge is 0.256 e. The molecule has 0 saturated carbocycles. The summed E-state index contributed by atoms with van der Waals surface area (Å²) in [5.41, 5.74) is 2.00. The number of furan rings is 1. The molecule has 1 fully saturated rings. The molecule has 1 N–H and O–H groups in total. The van der Waals surface area contributed by atoms with Crippen LogP contribution >= 0.6 is 0 Å². The number of hydrogen-bond acceptors (Lipinski definition) is 6. The van der Waals surface area contributed by atoms with Crippen LogP contribution in [0.4, 0.5) is 5.69 Å². The van der Waals surface area contributed by atoms with Crippen LogP contribution in [0, 0.1) is 0 Å². The molecule has 3 aromatic heterocycles. The standard InChI is InChI=1S/C24H25N5O4S/c1-16(2)29-23-20(15-25-29)19(14-21(27-23)22-6-5-13-33-22)24(30)26-17-7-9-18(10-8-17)34(31,32)28-11-3-4-12-28/h5-10,13-16H,3-4,11-12H2,1-2H3,(H,26,30). The van der Waals surface area contributed by atoms with E-state index in [1.807, 2.05) is 13.8 Å². The van der Waals surface area contributed by atoms with E-state index < -0.39 is 10.0 Å². The van der Waals surface area contributed by atoms with Crippen LogP contribution in [0.2, 0.25) is 0 Å². The van der Waals surface area contributed by atoms with Gasteiger partial charge in [0.1, 0.15) is 5.69 Å². The van der Waals surface area contributed by atoms with Gasteiger partial charge >= 0.3 is 0 Å². The lowest BCUT2D eigenvalue weighted by Gasteiger charge is -2.15. The normalized spacial score (nSPS) is 14.8. The first-order chi connectivity index (χ1) is 16.3. The molecule has 1 aliphatic heterocycles. The number of hydrogen-bond donors (Lipinski definition) is 1. The molecule has 0 unspecified atom stereocenters. The number of nitrogens with one attached hydrogen (secondary N) is 1. The summed E-state index contributed by atoms with van der Waals surface area (Å²) in [6, 6.07) is 11.5. The number of sulfonamides is 1. The Bertz CT molecular complexity index is 1430. The molecule has 1 aliphatic rings. The first-order valence-electron chi connectivity index (χ1n) is 11.2. The van der Waals surface area contributed by atoms with Crippen LogP contribution in [0.5, 0.6) is 0 Å². The lowest BCUT2D eigenvalue weighted by molar-refractivity contribution is 0.102. The number of carbonyl (C=O) groups is 1. The predicted octanol–water partition coefficient (Wildman–Crippen LogP) is 4.31. The van der Waals surface area contributed by atoms with Crippen molar-refractivity contribution in [1.82, 2.24) is 19.1 Å². The maximum Gasteiger partial charge on any atom is 0.256 e. The molecule has 1 amide bonds. The Morgan fingerprint density at radius 2 is 1.85 bits per heavy atom. The lowest BCUT2D eigenvalue weighted by atomic mass is 10.1. The average Bonchev–Trinajstić information content (AvgIpc) is 3.60. The summed E-state index contributed by atoms with van der Waals surface area (Å²) < 4.78 is 34.3. The van der Waals surface area contributed by atoms with E-state index in [9.17, 15) is 13.2 Å². The van der Waals surface area contributed by atoms with Gasteiger partial charge in [-0.25, -0.2) is 18.1 Å². The number of benzene rings is 1. The molecule has 10 heteroatoms. The van der Waals surface area contributed by atoms with Gasteiger partial charge in [0, 0.05) is 24.8 Å². The van der Waals surface area contributed by atoms with Crippen molar-refractivity contribution in [3.05, 3.63) is 60.5 Å². The summed E-state index contributed by atoms with van der Waals surface area (Å²) in [6.07, 6.45) is 4.94. The van der Waals surface area contributed by atoms with Gasteiger partial charge in [0.05, 0.1) is 28.3 Å². The zero-order valence-electron chi connectivity index (χ0n) is 18.9. The van der Waals surface area contributed by atoms with E-state index in [-0.39, 0.29) is 16.8 Å². The van der Waals surface area contributed by atoms with E-state index >= 15 is 0 Å². The second-order valence-corrected chi connectivity index (χ2v) is 10.5. The summed E-state index contributed by atoms with van der Waals surface area (Å²) in [7, 11) is -3.51. The summed E-state index contributed by atoms with van der Waals surface area (Å²) in [6.45, 7) is 5.07. The summed E-state index contributed by atoms with van der Waals surface area (Å²) in [5.74, 6) is 0.197. The van der Waals surface area contributed by atoms with Gasteiger partial charge in [-0.15, -0.1) is 0 Å². The Morgan fingerprint density at radius 1 is 1.12 bits per heavy atom. The fraction of sp³-hybridized carbons (Fsp3) is 0.292. The topological polar surface area (TPSA) is 110 Å². The van der Waals surface area contributed by atoms with E-state index in [1.54, 1.807) is 47.5 Å². The number of anilines is 1. The van der Waals surface area contributed by atoms with Gasteiger partial charge in [0.15, 0.2) is 11.4 Å². The monoisotopic (exact) mass is 479 g/mol. The molecule has 0 bridgehead atoms. The predicted molar refractivity (Wildman–Crippen MR) is 128 cm³/mol. The van der Waals surface area contributed by atoms with E-state index in [0.717, 1.165) is 12.8 Å². The number of fused-ring (bicyclic) bond motifs is 1. The highest BCUT2D eigenvalue weighted by molar-refractivity contribution is 7.89. The van der Waals surface area contributed by atoms with Gasteiger partial charge in [-0.05, 0) is 69.2 Å². The van der Waals surface area contributed by atoms with Crippen molar-refractivity contribution in [3.63, 3.8) is 0 Å². The van der Waals surface area contributed by atoms with Crippen LogP contribution in [0.1, 0.15) is 43.1 Å². The molecule has 0 radical (unpaired) electrons. The largest absolute Gasteiger partial charge is 0.463 e. The van der Waals surface area contributed by atoms with Crippen LogP contribution in [0.25, 0.3) is 22.5 Å². The van der Waals surface area contributed by atoms with Crippen molar-refractivity contribution < 1.29 is 17.6 Å². The lowest BCUT2D eigenvalue weighted by Crippen LogP contribution is -2.27. The molecule has 0 spiro atoms. The Hall–Kier alpha value is -3.50. The minimum absolute atomic E-state index is 0.0536. The van der Waals surface area contributed by atoms with E-state index in [2.05, 4.69) is 15.4 Å². The molecule has 1 aromatic carbocycles. The van der Waals surface area contributed by atoms with Crippen molar-refractivity contribution in [1.29, 1.82) is 0 Å². The van der Waals surface area contributed by atoms with Gasteiger partial charge in [-0.3, -0.25) is 4.79 Å². The highest BCUT2D eigenvalue weighted by atomic mass is 32.2. The van der Waals surface area contributed by atoms with Crippen LogP contribution in [0.3, 0.4) is 0 Å². The second-order valence-electron chi connectivity index (χ2n) is 8.54. The maximum absolute atomic E-state index is 13.3. The second kappa shape index (κ2) is 8.69. The van der Waals surface area contributed by atoms with Crippen LogP contribution in [-0.4, -0.2) is 46.5 Å². The summed E-state index contributed by atoms with van der Waals surface area (Å²) in [4.78, 5) is 18.2. The zero-order valence-corrected chi connectivity index (χ0v) is 19.7. The maximum atomic E-state index is 13.3. The fourth-order valence-electron chi connectivity index (χ4n) is 4.12. The number of aromatic nitrogens is 3. The molecule has 5 rings (SSSR count). The Kier molecular flexibility index (Phi) is 5.70. The Balaban J connectivity index is 1.46. The first kappa shape index (κ1) is 22.3.